The molecule has 2 aromatic heterocycles. The van der Waals surface area contributed by atoms with Crippen LogP contribution >= 0.6 is 11.3 Å². The molecule has 1 unspecified atom stereocenters. The van der Waals surface area contributed by atoms with E-state index in [1.54, 1.807) is 23.3 Å². The Hall–Kier alpha value is -1.54. The van der Waals surface area contributed by atoms with Gasteiger partial charge in [0.1, 0.15) is 5.76 Å². The van der Waals surface area contributed by atoms with Crippen LogP contribution in [-0.2, 0) is 22.7 Å². The standard InChI is InChI=1S/C12H18N2O3.C12H13N2OS.C3H8.C2H6.U/c1-8(2)11-5-10(17-13-11)6-12(16)14-4-3-9(15)7-14;1-9-12(16-8-14-9)11-5-3-10(4-6-11)7-15-13-2;1-3-2;1-2;/h5,8-9,15H,3-4,6-7H2,1-2H3;3-6,8H,7H2,1-2H3;3H2,1-2H3;1-2H3;/q;-1;;;. The molecule has 4 rings (SSSR count). The average molecular weight is 784 g/mol. The number of aliphatic hydroxyl groups excluding tert-OH is 1. The molecule has 1 aliphatic rings. The maximum atomic E-state index is 11.9. The fourth-order valence-electron chi connectivity index (χ4n) is 3.38. The predicted molar refractivity (Wildman–Crippen MR) is 155 cm³/mol. The number of aromatic nitrogens is 2. The van der Waals surface area contributed by atoms with Crippen molar-refractivity contribution in [2.75, 3.05) is 20.1 Å². The molecule has 216 valence electrons. The van der Waals surface area contributed by atoms with Gasteiger partial charge in [-0.2, -0.15) is 0 Å². The van der Waals surface area contributed by atoms with E-state index in [-0.39, 0.29) is 49.5 Å². The summed E-state index contributed by atoms with van der Waals surface area (Å²) in [5, 5.41) is 13.3. The zero-order valence-electron chi connectivity index (χ0n) is 24.7. The number of nitrogens with zero attached hydrogens (tertiary/aromatic N) is 4. The predicted octanol–water partition coefficient (Wildman–Crippen LogP) is 6.93. The Morgan fingerprint density at radius 1 is 1.26 bits per heavy atom. The number of amides is 1. The van der Waals surface area contributed by atoms with Crippen LogP contribution in [0.4, 0.5) is 0 Å². The van der Waals surface area contributed by atoms with Crippen LogP contribution in [0.2, 0.25) is 0 Å². The van der Waals surface area contributed by atoms with Gasteiger partial charge in [0.25, 0.3) is 0 Å². The van der Waals surface area contributed by atoms with Gasteiger partial charge in [0, 0.05) is 50.3 Å². The molecule has 3 aromatic rings. The van der Waals surface area contributed by atoms with Gasteiger partial charge in [0.15, 0.2) is 0 Å². The number of carbonyl (C=O) groups is 1. The number of likely N-dealkylation sites (tertiary alicyclic amines) is 1. The van der Waals surface area contributed by atoms with Gasteiger partial charge >= 0.3 is 0 Å². The number of benzene rings is 1. The molecule has 10 heteroatoms. The minimum Gasteiger partial charge on any atom is -0.537 e. The van der Waals surface area contributed by atoms with E-state index in [0.29, 0.717) is 37.8 Å². The van der Waals surface area contributed by atoms with E-state index in [1.807, 2.05) is 46.2 Å². The van der Waals surface area contributed by atoms with E-state index in [4.69, 9.17) is 9.36 Å². The van der Waals surface area contributed by atoms with Crippen LogP contribution in [0.3, 0.4) is 0 Å². The summed E-state index contributed by atoms with van der Waals surface area (Å²) in [4.78, 5) is 24.0. The summed E-state index contributed by atoms with van der Waals surface area (Å²) in [6.07, 6.45) is 1.77. The molecular formula is C29H45N4O4SU-. The summed E-state index contributed by atoms with van der Waals surface area (Å²) in [7, 11) is 1.63. The number of hydrogen-bond acceptors (Lipinski definition) is 7. The van der Waals surface area contributed by atoms with Crippen LogP contribution in [-0.4, -0.2) is 52.3 Å². The number of thiazole rings is 1. The first-order valence-corrected chi connectivity index (χ1v) is 14.3. The van der Waals surface area contributed by atoms with Crippen molar-refractivity contribution in [2.24, 2.45) is 0 Å². The van der Waals surface area contributed by atoms with Crippen LogP contribution in [0, 0.1) is 38.0 Å². The Kier molecular flexibility index (Phi) is 20.4. The van der Waals surface area contributed by atoms with E-state index in [0.717, 1.165) is 17.0 Å². The summed E-state index contributed by atoms with van der Waals surface area (Å²) in [6.45, 7) is 15.9. The summed E-state index contributed by atoms with van der Waals surface area (Å²) >= 11 is 1.67. The first-order chi connectivity index (χ1) is 18.3. The van der Waals surface area contributed by atoms with Crippen molar-refractivity contribution < 1.29 is 50.4 Å². The minimum atomic E-state index is -0.375. The molecule has 3 heterocycles. The molecule has 1 atom stereocenters. The molecule has 1 N–H and O–H groups in total. The van der Waals surface area contributed by atoms with Gasteiger partial charge in [0.05, 0.1) is 40.9 Å². The van der Waals surface area contributed by atoms with Gasteiger partial charge in [-0.1, -0.05) is 77.4 Å². The van der Waals surface area contributed by atoms with Gasteiger partial charge in [-0.25, -0.2) is 4.98 Å². The molecule has 0 spiro atoms. The zero-order chi connectivity index (χ0) is 28.5. The molecular weight excluding hydrogens is 738 g/mol. The smallest absolute Gasteiger partial charge is 0.230 e. The van der Waals surface area contributed by atoms with E-state index < -0.39 is 0 Å². The van der Waals surface area contributed by atoms with Crippen molar-refractivity contribution in [2.45, 2.75) is 86.4 Å². The number of hydrogen-bond donors (Lipinski definition) is 1. The Morgan fingerprint density at radius 2 is 1.90 bits per heavy atom. The van der Waals surface area contributed by atoms with E-state index in [9.17, 15) is 9.90 Å². The molecule has 39 heavy (non-hydrogen) atoms. The van der Waals surface area contributed by atoms with Crippen molar-refractivity contribution in [3.63, 3.8) is 0 Å². The summed E-state index contributed by atoms with van der Waals surface area (Å²) < 4.78 is 5.12. The molecule has 1 aliphatic heterocycles. The van der Waals surface area contributed by atoms with Crippen LogP contribution in [0.15, 0.2) is 40.4 Å². The molecule has 0 radical (unpaired) electrons. The molecule has 0 aliphatic carbocycles. The van der Waals surface area contributed by atoms with E-state index in [1.165, 1.54) is 16.9 Å². The molecule has 1 amide bonds. The molecule has 1 aromatic carbocycles. The maximum Gasteiger partial charge on any atom is 0.230 e. The number of carbonyl (C=O) groups excluding carboxylic acids is 1. The van der Waals surface area contributed by atoms with Crippen LogP contribution in [0.1, 0.15) is 83.0 Å². The second-order valence-corrected chi connectivity index (χ2v) is 9.81. The van der Waals surface area contributed by atoms with Gasteiger partial charge in [-0.3, -0.25) is 4.79 Å². The van der Waals surface area contributed by atoms with Crippen molar-refractivity contribution in [1.82, 2.24) is 15.0 Å². The fourth-order valence-corrected chi connectivity index (χ4v) is 4.20. The van der Waals surface area contributed by atoms with Gasteiger partial charge in [-0.05, 0) is 30.4 Å². The first kappa shape index (κ1) is 37.5. The molecule has 8 nitrogen and oxygen atoms in total. The number of β-amino-alcohol motifs (C(OH)–C–C–N with tert-alkyl or cyclic N) is 1. The third-order valence-electron chi connectivity index (χ3n) is 5.33. The third kappa shape index (κ3) is 13.6. The fraction of sp³-hybridized carbons (Fsp3) is 0.552. The second-order valence-electron chi connectivity index (χ2n) is 8.96. The van der Waals surface area contributed by atoms with Crippen molar-refractivity contribution in [1.29, 1.82) is 0 Å². The normalized spacial score (nSPS) is 13.8. The van der Waals surface area contributed by atoms with Gasteiger partial charge < -0.3 is 24.8 Å². The Morgan fingerprint density at radius 3 is 2.36 bits per heavy atom. The number of hydroxylamine groups is 1. The van der Waals surface area contributed by atoms with E-state index in [2.05, 4.69) is 53.7 Å². The number of rotatable bonds is 7. The van der Waals surface area contributed by atoms with Crippen LogP contribution < -0.4 is 0 Å². The number of aliphatic hydroxyl groups is 1. The monoisotopic (exact) mass is 783 g/mol. The van der Waals surface area contributed by atoms with Crippen molar-refractivity contribution in [3.05, 3.63) is 64.0 Å². The average Bonchev–Trinajstić information content (AvgIpc) is 3.67. The molecule has 0 bridgehead atoms. The maximum absolute atomic E-state index is 11.9. The van der Waals surface area contributed by atoms with Crippen molar-refractivity contribution >= 4 is 17.2 Å². The Bertz CT molecular complexity index is 1040. The first-order valence-electron chi connectivity index (χ1n) is 13.4. The van der Waals surface area contributed by atoms with Gasteiger partial charge in [-0.15, -0.1) is 18.4 Å². The van der Waals surface area contributed by atoms with Gasteiger partial charge in [0.2, 0.25) is 5.91 Å². The summed E-state index contributed by atoms with van der Waals surface area (Å²) in [5.41, 5.74) is 9.76. The minimum absolute atomic E-state index is 0. The Labute approximate surface area is 262 Å². The molecule has 1 fully saturated rings. The SMILES string of the molecule is CC.CC(C)c1cc(CC(=O)N2CCC(O)C2)on1.CCC.C[N-]OCc1ccc(-c2scnc2C)cc1.[U]. The third-order valence-corrected chi connectivity index (χ3v) is 6.31. The van der Waals surface area contributed by atoms with E-state index >= 15 is 0 Å². The Balaban J connectivity index is 0.000000623. The quantitative estimate of drug-likeness (QED) is 0.261. The summed E-state index contributed by atoms with van der Waals surface area (Å²) in [5.74, 6) is 0.893. The van der Waals surface area contributed by atoms with Crippen LogP contribution in [0.25, 0.3) is 15.9 Å². The van der Waals surface area contributed by atoms with Crippen molar-refractivity contribution in [3.8, 4) is 10.4 Å². The van der Waals surface area contributed by atoms with Crippen LogP contribution in [0.5, 0.6) is 0 Å². The largest absolute Gasteiger partial charge is 0.537 e. The molecule has 1 saturated heterocycles. The molecule has 0 saturated carbocycles. The zero-order valence-corrected chi connectivity index (χ0v) is 29.7. The number of aryl methyl sites for hydroxylation is 1. The summed E-state index contributed by atoms with van der Waals surface area (Å²) in [6, 6.07) is 10.1. The topological polar surface area (TPSA) is 103 Å². The second kappa shape index (κ2) is 21.2.